The first-order valence-electron chi connectivity index (χ1n) is 26.0. The molecule has 3 aromatic carbocycles. The Morgan fingerprint density at radius 3 is 0.615 bits per heavy atom. The Bertz CT molecular complexity index is 1790. The summed E-state index contributed by atoms with van der Waals surface area (Å²) in [6.07, 6.45) is 12.9. The maximum Gasteiger partial charge on any atom is 0.147 e. The van der Waals surface area contributed by atoms with Gasteiger partial charge in [0.1, 0.15) is 20.0 Å². The molecule has 4 heterocycles. The van der Waals surface area contributed by atoms with Crippen molar-refractivity contribution in [3.8, 4) is 0 Å². The van der Waals surface area contributed by atoms with Crippen LogP contribution in [0.5, 0.6) is 0 Å². The third-order valence-electron chi connectivity index (χ3n) is 14.5. The third kappa shape index (κ3) is 12.8. The molecule has 6 heteroatoms. The van der Waals surface area contributed by atoms with Gasteiger partial charge >= 0.3 is 0 Å². The van der Waals surface area contributed by atoms with Gasteiger partial charge in [0, 0.05) is 72.5 Å². The van der Waals surface area contributed by atoms with E-state index in [9.17, 15) is 0 Å². The summed E-state index contributed by atoms with van der Waals surface area (Å²) in [5, 5.41) is 6.42. The Morgan fingerprint density at radius 1 is 0.277 bits per heavy atom. The Hall–Kier alpha value is -2.06. The lowest BCUT2D eigenvalue weighted by Gasteiger charge is -2.43. The minimum absolute atomic E-state index is 0.0154. The molecule has 0 N–H and O–H groups in total. The van der Waals surface area contributed by atoms with E-state index in [1.54, 1.807) is 54.9 Å². The summed E-state index contributed by atoms with van der Waals surface area (Å²) in [7, 11) is 0. The molecule has 0 amide bonds. The number of hydrogen-bond acceptors (Lipinski definition) is 6. The van der Waals surface area contributed by atoms with Gasteiger partial charge in [-0.05, 0) is 257 Å². The van der Waals surface area contributed by atoms with E-state index in [-0.39, 0.29) is 33.2 Å². The summed E-state index contributed by atoms with van der Waals surface area (Å²) in [6, 6.07) is 10.3. The quantitative estimate of drug-likeness (QED) is 0.208. The molecule has 6 bridgehead atoms. The molecular formula is C59H94N6. The van der Waals surface area contributed by atoms with Gasteiger partial charge in [0.15, 0.2) is 0 Å². The van der Waals surface area contributed by atoms with E-state index >= 15 is 0 Å². The number of aryl methyl sites for hydroxylation is 6. The predicted molar refractivity (Wildman–Crippen MR) is 280 cm³/mol. The Kier molecular flexibility index (Phi) is 16.2. The highest BCUT2D eigenvalue weighted by molar-refractivity contribution is 6.10. The zero-order valence-corrected chi connectivity index (χ0v) is 45.2. The molecule has 0 saturated heterocycles. The maximum absolute atomic E-state index is 4.03. The third-order valence-corrected chi connectivity index (χ3v) is 14.5. The molecular weight excluding hydrogens is 793 g/mol. The van der Waals surface area contributed by atoms with Gasteiger partial charge in [-0.1, -0.05) is 24.3 Å². The van der Waals surface area contributed by atoms with Gasteiger partial charge in [-0.25, -0.2) is 0 Å². The van der Waals surface area contributed by atoms with Crippen molar-refractivity contribution in [2.75, 3.05) is 39.3 Å². The second kappa shape index (κ2) is 20.1. The number of benzene rings is 3. The molecule has 7 rings (SSSR count). The lowest BCUT2D eigenvalue weighted by molar-refractivity contribution is 0.0613. The van der Waals surface area contributed by atoms with Gasteiger partial charge in [-0.15, -0.1) is 0 Å². The normalized spacial score (nSPS) is 21.3. The zero-order chi connectivity index (χ0) is 47.9. The first kappa shape index (κ1) is 52.3. The van der Waals surface area contributed by atoms with Crippen LogP contribution in [0.15, 0.2) is 24.3 Å². The summed E-state index contributed by atoms with van der Waals surface area (Å²) in [5.74, 6) is 0. The van der Waals surface area contributed by atoms with Crippen LogP contribution in [0.2, 0.25) is 0 Å². The highest BCUT2D eigenvalue weighted by Crippen LogP contribution is 2.44. The van der Waals surface area contributed by atoms with Crippen LogP contribution in [0.1, 0.15) is 197 Å². The van der Waals surface area contributed by atoms with Crippen molar-refractivity contribution in [2.24, 2.45) is 0 Å². The van der Waals surface area contributed by atoms with Crippen LogP contribution < -0.4 is 0 Å². The summed E-state index contributed by atoms with van der Waals surface area (Å²) in [6.45, 7) is 60.5. The predicted octanol–water partition coefficient (Wildman–Crippen LogP) is 13.2. The summed E-state index contributed by atoms with van der Waals surface area (Å²) < 4.78 is 0. The highest BCUT2D eigenvalue weighted by Gasteiger charge is 2.35. The number of fused-ring (bicyclic) bond motifs is 12. The lowest BCUT2D eigenvalue weighted by atomic mass is 9.79. The van der Waals surface area contributed by atoms with Gasteiger partial charge in [0.25, 0.3) is 0 Å². The fourth-order valence-corrected chi connectivity index (χ4v) is 10.5. The van der Waals surface area contributed by atoms with Gasteiger partial charge in [-0.3, -0.25) is 29.4 Å². The molecule has 0 unspecified atom stereocenters. The van der Waals surface area contributed by atoms with E-state index < -0.39 is 0 Å². The van der Waals surface area contributed by atoms with Gasteiger partial charge in [-0.2, -0.15) is 0 Å². The van der Waals surface area contributed by atoms with Gasteiger partial charge in [0.2, 0.25) is 0 Å². The van der Waals surface area contributed by atoms with E-state index in [2.05, 4.69) is 198 Å². The SMILES string of the molecule is CC(C)(C)N1[C]N(C(C)(C)C)CCCc2ccc(c3c4c5c6ccc(c5c(c23)CCCN(C(C)(C)C)[C]N(C(C)(C)C)CCC4)CCCN(C(C)(C)C)[C]N(C(C)(C)C)CCC6)CCC1. The first-order valence-corrected chi connectivity index (χ1v) is 26.0. The number of nitrogens with zero attached hydrogens (tertiary/aromatic N) is 6. The molecule has 0 spiro atoms. The van der Waals surface area contributed by atoms with Crippen LogP contribution in [0.25, 0.3) is 21.5 Å². The topological polar surface area (TPSA) is 19.4 Å². The molecule has 65 heavy (non-hydrogen) atoms. The Labute approximate surface area is 401 Å². The molecule has 0 saturated carbocycles. The van der Waals surface area contributed by atoms with Gasteiger partial charge < -0.3 is 0 Å². The smallest absolute Gasteiger partial charge is 0.147 e. The van der Waals surface area contributed by atoms with E-state index in [4.69, 9.17) is 0 Å². The van der Waals surface area contributed by atoms with Crippen molar-refractivity contribution >= 4 is 21.5 Å². The van der Waals surface area contributed by atoms with Crippen molar-refractivity contribution in [3.63, 3.8) is 0 Å². The molecule has 3 aromatic rings. The van der Waals surface area contributed by atoms with Crippen LogP contribution in [-0.4, -0.2) is 102 Å². The zero-order valence-electron chi connectivity index (χ0n) is 45.2. The Morgan fingerprint density at radius 2 is 0.446 bits per heavy atom. The molecule has 360 valence electrons. The number of rotatable bonds is 0. The van der Waals surface area contributed by atoms with E-state index in [0.717, 1.165) is 116 Å². The van der Waals surface area contributed by atoms with Crippen LogP contribution in [0, 0.1) is 20.0 Å². The average Bonchev–Trinajstić information content (AvgIpc) is 3.23. The minimum atomic E-state index is -0.0336. The highest BCUT2D eigenvalue weighted by atomic mass is 15.4. The molecule has 0 aromatic heterocycles. The van der Waals surface area contributed by atoms with Crippen molar-refractivity contribution in [3.05, 3.63) is 77.7 Å². The van der Waals surface area contributed by atoms with E-state index in [1.165, 1.54) is 0 Å². The van der Waals surface area contributed by atoms with E-state index in [0.29, 0.717) is 0 Å². The van der Waals surface area contributed by atoms with Crippen LogP contribution in [0.4, 0.5) is 0 Å². The largest absolute Gasteiger partial charge is 0.275 e. The fourth-order valence-electron chi connectivity index (χ4n) is 10.5. The molecule has 0 atom stereocenters. The first-order chi connectivity index (χ1) is 30.0. The van der Waals surface area contributed by atoms with Crippen molar-refractivity contribution in [2.45, 2.75) is 235 Å². The summed E-state index contributed by atoms with van der Waals surface area (Å²) in [4.78, 5) is 15.2. The van der Waals surface area contributed by atoms with Gasteiger partial charge in [0.05, 0.1) is 0 Å². The fraction of sp³-hybridized carbons (Fsp3) is 0.712. The van der Waals surface area contributed by atoms with Crippen LogP contribution in [0.3, 0.4) is 0 Å². The molecule has 6 nitrogen and oxygen atoms in total. The van der Waals surface area contributed by atoms with Crippen molar-refractivity contribution in [1.82, 2.24) is 29.4 Å². The molecule has 4 aliphatic heterocycles. The summed E-state index contributed by atoms with van der Waals surface area (Å²) >= 11 is 0. The lowest BCUT2D eigenvalue weighted by Crippen LogP contribution is -2.50. The molecule has 4 aliphatic rings. The van der Waals surface area contributed by atoms with Crippen LogP contribution >= 0.6 is 0 Å². The number of hydrogen-bond donors (Lipinski definition) is 0. The Balaban J connectivity index is 1.66. The van der Waals surface area contributed by atoms with Crippen molar-refractivity contribution in [1.29, 1.82) is 0 Å². The monoisotopic (exact) mass is 887 g/mol. The standard InChI is InChI=1S/C59H94N6/c1-54(2,3)60-35-19-25-44-31-32-45(26-20-36-61(41-60)55(4,5)6)51-49-30-24-40-65(59(16,17)18)43-64(58(13,14)15)39-23-29-48(50(44)51)52-46-27-21-37-62(56(7,8)9)42-63(57(10,11)12)38-22-28-47(34-33-46)53(49)52/h31-34H,19-30,35-40H2,1-18H3. The molecule has 6 radical (unpaired) electrons. The second-order valence-electron chi connectivity index (χ2n) is 26.1. The average molecular weight is 887 g/mol. The van der Waals surface area contributed by atoms with E-state index in [1.807, 2.05) is 0 Å². The minimum Gasteiger partial charge on any atom is -0.275 e. The van der Waals surface area contributed by atoms with Crippen molar-refractivity contribution < 1.29 is 0 Å². The maximum atomic E-state index is 4.03. The second-order valence-corrected chi connectivity index (χ2v) is 26.1. The molecule has 0 aliphatic carbocycles. The molecule has 0 fully saturated rings. The van der Waals surface area contributed by atoms with Crippen LogP contribution in [-0.2, 0) is 38.5 Å². The summed E-state index contributed by atoms with van der Waals surface area (Å²) in [5.41, 5.74) is 9.34.